The Bertz CT molecular complexity index is 1280. The second kappa shape index (κ2) is 10.1. The molecule has 0 bridgehead atoms. The molecule has 36 heavy (non-hydrogen) atoms. The maximum Gasteiger partial charge on any atom is 0.255 e. The summed E-state index contributed by atoms with van der Waals surface area (Å²) < 4.78 is 16.5. The van der Waals surface area contributed by atoms with E-state index in [1.165, 1.54) is 14.2 Å². The molecular formula is C26H27N5O5. The van der Waals surface area contributed by atoms with Crippen molar-refractivity contribution in [2.75, 3.05) is 45.7 Å². The Kier molecular flexibility index (Phi) is 6.59. The van der Waals surface area contributed by atoms with Gasteiger partial charge in [-0.1, -0.05) is 0 Å². The number of benzene rings is 2. The van der Waals surface area contributed by atoms with Crippen molar-refractivity contribution in [1.29, 1.82) is 0 Å². The van der Waals surface area contributed by atoms with E-state index in [9.17, 15) is 9.59 Å². The number of nitrogens with one attached hydrogen (secondary N) is 3. The smallest absolute Gasteiger partial charge is 0.255 e. The third-order valence-electron chi connectivity index (χ3n) is 6.08. The number of hydrogen-bond acceptors (Lipinski definition) is 8. The van der Waals surface area contributed by atoms with Gasteiger partial charge in [0.15, 0.2) is 23.4 Å². The number of aliphatic imine (C=N–C) groups is 1. The van der Waals surface area contributed by atoms with Crippen molar-refractivity contribution in [1.82, 2.24) is 15.5 Å². The molecule has 2 aromatic rings. The third kappa shape index (κ3) is 4.76. The summed E-state index contributed by atoms with van der Waals surface area (Å²) in [4.78, 5) is 32.8. The summed E-state index contributed by atoms with van der Waals surface area (Å²) in [5, 5.41) is 9.27. The lowest BCUT2D eigenvalue weighted by atomic mass is 10.1. The van der Waals surface area contributed by atoms with Gasteiger partial charge in [0.2, 0.25) is 5.90 Å². The summed E-state index contributed by atoms with van der Waals surface area (Å²) in [6.45, 7) is 2.69. The monoisotopic (exact) mass is 489 g/mol. The van der Waals surface area contributed by atoms with Crippen molar-refractivity contribution in [3.63, 3.8) is 0 Å². The highest BCUT2D eigenvalue weighted by molar-refractivity contribution is 6.07. The molecule has 10 nitrogen and oxygen atoms in total. The molecule has 1 atom stereocenters. The van der Waals surface area contributed by atoms with E-state index < -0.39 is 0 Å². The minimum atomic E-state index is -0.356. The first kappa shape index (κ1) is 23.4. The van der Waals surface area contributed by atoms with Crippen molar-refractivity contribution < 1.29 is 23.8 Å². The fourth-order valence-electron chi connectivity index (χ4n) is 4.22. The standard InChI is InChI=1S/C26H27N5O5/c1-34-20-6-5-16(15-22(20)35-2)24(32)29-19-13-17(25-30-23-21(36-25)4-3-7-28-23)12-18(14-19)26(33)31-10-8-27-9-11-31/h3-7,12-15,23,27-28H,8-11H2,1-2H3,(H,29,32). The molecule has 2 aromatic carbocycles. The van der Waals surface area contributed by atoms with Crippen LogP contribution in [0.25, 0.3) is 0 Å². The molecule has 10 heteroatoms. The van der Waals surface area contributed by atoms with E-state index in [0.717, 1.165) is 13.1 Å². The van der Waals surface area contributed by atoms with Gasteiger partial charge in [0.25, 0.3) is 11.8 Å². The topological polar surface area (TPSA) is 114 Å². The lowest BCUT2D eigenvalue weighted by molar-refractivity contribution is 0.0735. The molecule has 3 aliphatic rings. The Labute approximate surface area is 208 Å². The summed E-state index contributed by atoms with van der Waals surface area (Å²) in [6.07, 6.45) is 5.15. The molecule has 0 saturated carbocycles. The highest BCUT2D eigenvalue weighted by Crippen LogP contribution is 2.29. The molecule has 0 aliphatic carbocycles. The molecule has 3 aliphatic heterocycles. The minimum absolute atomic E-state index is 0.116. The zero-order valence-corrected chi connectivity index (χ0v) is 20.0. The SMILES string of the molecule is COc1ccc(C(=O)Nc2cc(C(=O)N3CCNCC3)cc(C3=NC4NC=CC=C4O3)c2)cc1OC. The van der Waals surface area contributed by atoms with Crippen molar-refractivity contribution in [3.05, 3.63) is 77.2 Å². The summed E-state index contributed by atoms with van der Waals surface area (Å²) >= 11 is 0. The number of ether oxygens (including phenoxy) is 3. The van der Waals surface area contributed by atoms with E-state index in [1.54, 1.807) is 47.5 Å². The van der Waals surface area contributed by atoms with E-state index >= 15 is 0 Å². The second-order valence-corrected chi connectivity index (χ2v) is 8.40. The zero-order chi connectivity index (χ0) is 25.1. The number of piperazine rings is 1. The van der Waals surface area contributed by atoms with Gasteiger partial charge in [-0.05, 0) is 54.8 Å². The van der Waals surface area contributed by atoms with Crippen LogP contribution in [0.2, 0.25) is 0 Å². The van der Waals surface area contributed by atoms with Crippen LogP contribution >= 0.6 is 0 Å². The average Bonchev–Trinajstić information content (AvgIpc) is 3.37. The quantitative estimate of drug-likeness (QED) is 0.570. The Morgan fingerprint density at radius 1 is 1.06 bits per heavy atom. The predicted molar refractivity (Wildman–Crippen MR) is 134 cm³/mol. The molecule has 2 amide bonds. The number of nitrogens with zero attached hydrogens (tertiary/aromatic N) is 2. The number of carbonyl (C=O) groups is 2. The van der Waals surface area contributed by atoms with Gasteiger partial charge in [-0.15, -0.1) is 0 Å². The van der Waals surface area contributed by atoms with Crippen LogP contribution < -0.4 is 25.4 Å². The van der Waals surface area contributed by atoms with Gasteiger partial charge >= 0.3 is 0 Å². The summed E-state index contributed by atoms with van der Waals surface area (Å²) in [5.41, 5.74) is 1.87. The second-order valence-electron chi connectivity index (χ2n) is 8.40. The molecule has 186 valence electrons. The number of methoxy groups -OCH3 is 2. The van der Waals surface area contributed by atoms with E-state index in [2.05, 4.69) is 20.9 Å². The molecule has 0 aromatic heterocycles. The summed E-state index contributed by atoms with van der Waals surface area (Å²) in [5.74, 6) is 1.54. The molecule has 1 fully saturated rings. The highest BCUT2D eigenvalue weighted by Gasteiger charge is 2.28. The van der Waals surface area contributed by atoms with Crippen LogP contribution in [0.15, 0.2) is 65.5 Å². The van der Waals surface area contributed by atoms with Gasteiger partial charge in [-0.3, -0.25) is 9.59 Å². The largest absolute Gasteiger partial charge is 0.493 e. The molecule has 3 heterocycles. The molecule has 1 unspecified atom stereocenters. The highest BCUT2D eigenvalue weighted by atomic mass is 16.5. The van der Waals surface area contributed by atoms with Gasteiger partial charge in [0.05, 0.1) is 14.2 Å². The molecular weight excluding hydrogens is 462 g/mol. The Hall–Kier alpha value is -4.31. The van der Waals surface area contributed by atoms with Gasteiger partial charge < -0.3 is 35.1 Å². The summed E-state index contributed by atoms with van der Waals surface area (Å²) in [7, 11) is 3.04. The number of allylic oxidation sites excluding steroid dienone is 2. The average molecular weight is 490 g/mol. The van der Waals surface area contributed by atoms with Crippen LogP contribution in [-0.2, 0) is 4.74 Å². The van der Waals surface area contributed by atoms with E-state index in [0.29, 0.717) is 58.6 Å². The number of carbonyl (C=O) groups excluding carboxylic acids is 2. The lowest BCUT2D eigenvalue weighted by Gasteiger charge is -2.27. The van der Waals surface area contributed by atoms with Crippen molar-refractivity contribution in [2.45, 2.75) is 6.17 Å². The number of rotatable bonds is 6. The van der Waals surface area contributed by atoms with E-state index in [1.807, 2.05) is 12.2 Å². The van der Waals surface area contributed by atoms with E-state index in [4.69, 9.17) is 14.2 Å². The predicted octanol–water partition coefficient (Wildman–Crippen LogP) is 2.11. The van der Waals surface area contributed by atoms with Crippen LogP contribution in [0.3, 0.4) is 0 Å². The maximum atomic E-state index is 13.3. The van der Waals surface area contributed by atoms with Gasteiger partial charge in [-0.2, -0.15) is 0 Å². The first-order chi connectivity index (χ1) is 17.6. The summed E-state index contributed by atoms with van der Waals surface area (Å²) in [6, 6.07) is 10.1. The van der Waals surface area contributed by atoms with Crippen LogP contribution in [-0.4, -0.2) is 69.2 Å². The van der Waals surface area contributed by atoms with Crippen LogP contribution in [0.5, 0.6) is 11.5 Å². The molecule has 1 saturated heterocycles. The van der Waals surface area contributed by atoms with E-state index in [-0.39, 0.29) is 18.0 Å². The lowest BCUT2D eigenvalue weighted by Crippen LogP contribution is -2.46. The first-order valence-electron chi connectivity index (χ1n) is 11.6. The van der Waals surface area contributed by atoms with Gasteiger partial charge in [-0.25, -0.2) is 4.99 Å². The number of dihydropyridines is 1. The zero-order valence-electron chi connectivity index (χ0n) is 20.0. The molecule has 0 spiro atoms. The molecule has 5 rings (SSSR count). The van der Waals surface area contributed by atoms with Crippen LogP contribution in [0, 0.1) is 0 Å². The third-order valence-corrected chi connectivity index (χ3v) is 6.08. The number of anilines is 1. The minimum Gasteiger partial charge on any atom is -0.493 e. The molecule has 3 N–H and O–H groups in total. The van der Waals surface area contributed by atoms with Crippen molar-refractivity contribution in [3.8, 4) is 11.5 Å². The normalized spacial score (nSPS) is 18.3. The fraction of sp³-hybridized carbons (Fsp3) is 0.269. The van der Waals surface area contributed by atoms with Crippen LogP contribution in [0.1, 0.15) is 26.3 Å². The Morgan fingerprint density at radius 2 is 1.86 bits per heavy atom. The Morgan fingerprint density at radius 3 is 2.61 bits per heavy atom. The maximum absolute atomic E-state index is 13.3. The number of fused-ring (bicyclic) bond motifs is 1. The first-order valence-corrected chi connectivity index (χ1v) is 11.6. The number of hydrogen-bond donors (Lipinski definition) is 3. The number of amides is 2. The van der Waals surface area contributed by atoms with Gasteiger partial charge in [0, 0.05) is 48.6 Å². The molecule has 0 radical (unpaired) electrons. The van der Waals surface area contributed by atoms with Crippen LogP contribution in [0.4, 0.5) is 5.69 Å². The van der Waals surface area contributed by atoms with Crippen molar-refractivity contribution in [2.24, 2.45) is 4.99 Å². The Balaban J connectivity index is 1.46. The fourth-order valence-corrected chi connectivity index (χ4v) is 4.22. The van der Waals surface area contributed by atoms with Crippen molar-refractivity contribution >= 4 is 23.4 Å². The van der Waals surface area contributed by atoms with Gasteiger partial charge in [0.1, 0.15) is 0 Å².